The van der Waals surface area contributed by atoms with E-state index < -0.39 is 23.7 Å². The Morgan fingerprint density at radius 2 is 0.824 bits per heavy atom. The van der Waals surface area contributed by atoms with Gasteiger partial charge in [0.1, 0.15) is 0 Å². The van der Waals surface area contributed by atoms with Crippen LogP contribution in [-0.4, -0.2) is 23.6 Å². The summed E-state index contributed by atoms with van der Waals surface area (Å²) in [6.45, 7) is 3.93. The van der Waals surface area contributed by atoms with Crippen molar-refractivity contribution >= 4 is 35.0 Å². The zero-order valence-corrected chi connectivity index (χ0v) is 18.9. The molecule has 4 fully saturated rings. The number of hydrogen-bond acceptors (Lipinski definition) is 4. The number of hydrogen-bond donors (Lipinski definition) is 0. The number of anilines is 2. The number of carbonyl (C=O) groups is 4. The van der Waals surface area contributed by atoms with Gasteiger partial charge < -0.3 is 0 Å². The number of imide groups is 2. The fourth-order valence-corrected chi connectivity index (χ4v) is 7.50. The molecule has 0 unspecified atom stereocenters. The molecule has 170 valence electrons. The van der Waals surface area contributed by atoms with Crippen LogP contribution in [0.4, 0.5) is 11.4 Å². The van der Waals surface area contributed by atoms with Crippen LogP contribution in [0.5, 0.6) is 0 Å². The molecule has 8 atom stereocenters. The molecule has 8 rings (SSSR count). The molecule has 2 aromatic rings. The lowest BCUT2D eigenvalue weighted by atomic mass is 9.40. The van der Waals surface area contributed by atoms with Crippen molar-refractivity contribution in [1.29, 1.82) is 0 Å². The van der Waals surface area contributed by atoms with E-state index in [4.69, 9.17) is 0 Å². The minimum atomic E-state index is -0.456. The Morgan fingerprint density at radius 1 is 0.500 bits per heavy atom. The first-order valence-corrected chi connectivity index (χ1v) is 12.0. The average molecular weight is 453 g/mol. The fourth-order valence-electron chi connectivity index (χ4n) is 7.50. The Morgan fingerprint density at radius 3 is 1.18 bits per heavy atom. The second kappa shape index (κ2) is 6.53. The molecule has 2 aromatic carbocycles. The van der Waals surface area contributed by atoms with Crippen molar-refractivity contribution in [3.05, 3.63) is 71.8 Å². The van der Waals surface area contributed by atoms with Gasteiger partial charge in [0.2, 0.25) is 23.6 Å². The molecule has 4 aliphatic carbocycles. The fraction of sp³-hybridized carbons (Fsp3) is 0.357. The zero-order valence-electron chi connectivity index (χ0n) is 18.9. The molecule has 6 heteroatoms. The van der Waals surface area contributed by atoms with Crippen LogP contribution in [0.15, 0.2) is 60.7 Å². The van der Waals surface area contributed by atoms with E-state index in [1.165, 1.54) is 9.80 Å². The second-order valence-corrected chi connectivity index (χ2v) is 10.5. The lowest BCUT2D eigenvalue weighted by Gasteiger charge is -2.60. The van der Waals surface area contributed by atoms with Crippen molar-refractivity contribution in [2.24, 2.45) is 47.3 Å². The van der Waals surface area contributed by atoms with E-state index in [0.717, 1.165) is 11.1 Å². The predicted molar refractivity (Wildman–Crippen MR) is 124 cm³/mol. The highest BCUT2D eigenvalue weighted by Crippen LogP contribution is 2.68. The highest BCUT2D eigenvalue weighted by atomic mass is 16.2. The van der Waals surface area contributed by atoms with Crippen molar-refractivity contribution in [3.8, 4) is 0 Å². The largest absolute Gasteiger partial charge is 0.274 e. The first-order valence-electron chi connectivity index (χ1n) is 12.0. The highest BCUT2D eigenvalue weighted by molar-refractivity contribution is 6.25. The maximum atomic E-state index is 13.6. The van der Waals surface area contributed by atoms with Crippen molar-refractivity contribution < 1.29 is 19.2 Å². The number of carbonyl (C=O) groups excluding carboxylic acids is 4. The summed E-state index contributed by atoms with van der Waals surface area (Å²) in [6, 6.07) is 14.8. The molecule has 2 heterocycles. The molecular formula is C28H24N2O4. The molecule has 2 saturated carbocycles. The minimum Gasteiger partial charge on any atom is -0.274 e. The van der Waals surface area contributed by atoms with Gasteiger partial charge in [-0.3, -0.25) is 29.0 Å². The standard InChI is InChI=1S/C28H24N2O4/c1-13-3-7-15(8-4-13)29-25(31)21-17-11-12-18(22(21)26(29)32)20-19(17)23-24(20)28(34)30(27(23)33)16-9-5-14(2)6-10-16/h3-12,17-24H,1-2H3/t17-,18-,19-,20-,21-,22+,23+,24-/m0/s1. The molecule has 0 spiro atoms. The van der Waals surface area contributed by atoms with E-state index >= 15 is 0 Å². The average Bonchev–Trinajstić information content (AvgIpc) is 3.19. The highest BCUT2D eigenvalue weighted by Gasteiger charge is 2.75. The molecular weight excluding hydrogens is 428 g/mol. The van der Waals surface area contributed by atoms with E-state index in [1.807, 2.05) is 74.5 Å². The van der Waals surface area contributed by atoms with Gasteiger partial charge in [0.05, 0.1) is 35.0 Å². The molecule has 2 aliphatic heterocycles. The summed E-state index contributed by atoms with van der Waals surface area (Å²) in [5.74, 6) is -2.92. The summed E-state index contributed by atoms with van der Waals surface area (Å²) in [5.41, 5.74) is 3.32. The zero-order chi connectivity index (χ0) is 23.5. The number of fused-ring (bicyclic) bond motifs is 1. The van der Waals surface area contributed by atoms with Gasteiger partial charge in [-0.05, 0) is 61.8 Å². The maximum Gasteiger partial charge on any atom is 0.238 e. The number of nitrogens with zero attached hydrogens (tertiary/aromatic N) is 2. The summed E-state index contributed by atoms with van der Waals surface area (Å²) in [6.07, 6.45) is 4.08. The number of rotatable bonds is 2. The topological polar surface area (TPSA) is 74.8 Å². The van der Waals surface area contributed by atoms with Gasteiger partial charge in [0.25, 0.3) is 0 Å². The molecule has 0 aromatic heterocycles. The molecule has 2 bridgehead atoms. The van der Waals surface area contributed by atoms with Crippen LogP contribution in [0.25, 0.3) is 0 Å². The number of allylic oxidation sites excluding steroid dienone is 2. The van der Waals surface area contributed by atoms with Gasteiger partial charge in [-0.1, -0.05) is 47.5 Å². The lowest BCUT2D eigenvalue weighted by Crippen LogP contribution is -2.63. The summed E-state index contributed by atoms with van der Waals surface area (Å²) in [4.78, 5) is 56.7. The van der Waals surface area contributed by atoms with Gasteiger partial charge in [-0.15, -0.1) is 0 Å². The maximum absolute atomic E-state index is 13.6. The van der Waals surface area contributed by atoms with Crippen molar-refractivity contribution in [1.82, 2.24) is 0 Å². The number of amides is 4. The second-order valence-electron chi connectivity index (χ2n) is 10.5. The molecule has 4 amide bonds. The Labute approximate surface area is 197 Å². The van der Waals surface area contributed by atoms with Crippen molar-refractivity contribution in [2.45, 2.75) is 13.8 Å². The number of benzene rings is 2. The summed E-state index contributed by atoms with van der Waals surface area (Å²) >= 11 is 0. The normalized spacial score (nSPS) is 37.1. The van der Waals surface area contributed by atoms with Crippen molar-refractivity contribution in [3.63, 3.8) is 0 Å². The first-order chi connectivity index (χ1) is 16.4. The van der Waals surface area contributed by atoms with Crippen LogP contribution < -0.4 is 9.80 Å². The van der Waals surface area contributed by atoms with Crippen molar-refractivity contribution in [2.75, 3.05) is 9.80 Å². The van der Waals surface area contributed by atoms with Gasteiger partial charge in [-0.25, -0.2) is 0 Å². The van der Waals surface area contributed by atoms with Crippen LogP contribution in [-0.2, 0) is 19.2 Å². The smallest absolute Gasteiger partial charge is 0.238 e. The Hall–Kier alpha value is -3.54. The summed E-state index contributed by atoms with van der Waals surface area (Å²) in [7, 11) is 0. The molecule has 6 aliphatic rings. The third-order valence-electron chi connectivity index (χ3n) is 8.93. The van der Waals surface area contributed by atoms with Gasteiger partial charge in [-0.2, -0.15) is 0 Å². The van der Waals surface area contributed by atoms with Gasteiger partial charge in [0, 0.05) is 0 Å². The summed E-state index contributed by atoms with van der Waals surface area (Å²) in [5, 5.41) is 0. The van der Waals surface area contributed by atoms with Crippen LogP contribution >= 0.6 is 0 Å². The third kappa shape index (κ3) is 2.26. The van der Waals surface area contributed by atoms with Crippen LogP contribution in [0.3, 0.4) is 0 Å². The van der Waals surface area contributed by atoms with Crippen LogP contribution in [0, 0.1) is 61.2 Å². The Kier molecular flexibility index (Phi) is 3.82. The molecule has 0 N–H and O–H groups in total. The SMILES string of the molecule is Cc1ccc(N2C(=O)[C@@H]3[C@H]4C=C[C@H]([C@@H]3C2=O)[C@@H]2[C@H]3C(=O)N(c5ccc(C)cc5)C(=O)[C@H]3[C@@H]42)cc1. The van der Waals surface area contributed by atoms with E-state index in [2.05, 4.69) is 0 Å². The predicted octanol–water partition coefficient (Wildman–Crippen LogP) is 3.28. The monoisotopic (exact) mass is 452 g/mol. The van der Waals surface area contributed by atoms with E-state index in [9.17, 15) is 19.2 Å². The first kappa shape index (κ1) is 19.9. The third-order valence-corrected chi connectivity index (χ3v) is 8.93. The molecule has 0 radical (unpaired) electrons. The molecule has 6 nitrogen and oxygen atoms in total. The summed E-state index contributed by atoms with van der Waals surface area (Å²) < 4.78 is 0. The van der Waals surface area contributed by atoms with Crippen LogP contribution in [0.1, 0.15) is 11.1 Å². The lowest BCUT2D eigenvalue weighted by molar-refractivity contribution is -0.166. The van der Waals surface area contributed by atoms with E-state index in [1.54, 1.807) is 0 Å². The van der Waals surface area contributed by atoms with E-state index in [0.29, 0.717) is 11.4 Å². The molecule has 34 heavy (non-hydrogen) atoms. The minimum absolute atomic E-state index is 0.0668. The Bertz CT molecular complexity index is 1250. The van der Waals surface area contributed by atoms with Crippen LogP contribution in [0.2, 0.25) is 0 Å². The van der Waals surface area contributed by atoms with Gasteiger partial charge >= 0.3 is 0 Å². The van der Waals surface area contributed by atoms with E-state index in [-0.39, 0.29) is 47.3 Å². The Balaban J connectivity index is 1.25. The quantitative estimate of drug-likeness (QED) is 0.518. The molecule has 2 saturated heterocycles. The number of aryl methyl sites for hydroxylation is 2. The van der Waals surface area contributed by atoms with Gasteiger partial charge in [0.15, 0.2) is 0 Å².